The third-order valence-corrected chi connectivity index (χ3v) is 1.80. The van der Waals surface area contributed by atoms with Crippen LogP contribution in [0.2, 0.25) is 0 Å². The Bertz CT molecular complexity index is 386. The van der Waals surface area contributed by atoms with Gasteiger partial charge < -0.3 is 0 Å². The van der Waals surface area contributed by atoms with Crippen LogP contribution in [-0.4, -0.2) is 11.8 Å². The minimum atomic E-state index is -0.189. The highest BCUT2D eigenvalue weighted by atomic mass is 16.2. The van der Waals surface area contributed by atoms with Crippen LogP contribution in [0.5, 0.6) is 0 Å². The first-order valence-corrected chi connectivity index (χ1v) is 4.32. The lowest BCUT2D eigenvalue weighted by Crippen LogP contribution is -2.46. The molecule has 1 amide bonds. The fraction of sp³-hybridized carbons (Fsp3) is 0.300. The Kier molecular flexibility index (Phi) is 2.96. The smallest absolute Gasteiger partial charge is 0.247 e. The molecule has 0 radical (unpaired) electrons. The summed E-state index contributed by atoms with van der Waals surface area (Å²) in [7, 11) is 0. The van der Waals surface area contributed by atoms with Gasteiger partial charge in [0.15, 0.2) is 0 Å². The first kappa shape index (κ1) is 10.4. The van der Waals surface area contributed by atoms with Crippen LogP contribution in [0.15, 0.2) is 18.2 Å². The van der Waals surface area contributed by atoms with E-state index in [2.05, 4.69) is 5.32 Å². The van der Waals surface area contributed by atoms with Gasteiger partial charge in [0, 0.05) is 19.9 Å². The van der Waals surface area contributed by atoms with Gasteiger partial charge in [0.05, 0.1) is 0 Å². The van der Waals surface area contributed by atoms with Gasteiger partial charge in [0.25, 0.3) is 5.82 Å². The van der Waals surface area contributed by atoms with Crippen LogP contribution in [0.4, 0.5) is 5.82 Å². The van der Waals surface area contributed by atoms with E-state index in [1.807, 2.05) is 13.0 Å². The molecule has 1 heterocycles. The fourth-order valence-corrected chi connectivity index (χ4v) is 1.31. The Balaban J connectivity index is 3.21. The molecule has 1 N–H and O–H groups in total. The highest BCUT2D eigenvalue weighted by Gasteiger charge is 2.16. The molecule has 0 spiro atoms. The molecule has 0 aliphatic rings. The summed E-state index contributed by atoms with van der Waals surface area (Å²) in [6.07, 6.45) is 0. The number of amides is 1. The van der Waals surface area contributed by atoms with Crippen molar-refractivity contribution in [2.45, 2.75) is 20.8 Å². The molecule has 0 bridgehead atoms. The minimum Gasteiger partial charge on any atom is -0.247 e. The first-order valence-electron chi connectivity index (χ1n) is 4.32. The van der Waals surface area contributed by atoms with Crippen LogP contribution in [-0.2, 0) is 4.79 Å². The summed E-state index contributed by atoms with van der Waals surface area (Å²) in [5.74, 6) is 0.197. The van der Waals surface area contributed by atoms with Crippen molar-refractivity contribution in [1.82, 2.24) is 0 Å². The van der Waals surface area contributed by atoms with Crippen molar-refractivity contribution >= 4 is 17.6 Å². The number of aromatic nitrogens is 1. The molecule has 0 aliphatic carbocycles. The van der Waals surface area contributed by atoms with Gasteiger partial charge in [-0.1, -0.05) is 6.07 Å². The van der Waals surface area contributed by atoms with E-state index in [9.17, 15) is 9.59 Å². The Morgan fingerprint density at radius 2 is 1.93 bits per heavy atom. The van der Waals surface area contributed by atoms with Crippen LogP contribution >= 0.6 is 0 Å². The third-order valence-electron chi connectivity index (χ3n) is 1.80. The number of hydrogen-bond acceptors (Lipinski definition) is 2. The summed E-state index contributed by atoms with van der Waals surface area (Å²) < 4.78 is 1.46. The number of nitrogens with one attached hydrogen (secondary N) is 1. The van der Waals surface area contributed by atoms with Crippen molar-refractivity contribution in [1.29, 1.82) is 0 Å². The average Bonchev–Trinajstić information content (AvgIpc) is 2.01. The Hall–Kier alpha value is -1.71. The summed E-state index contributed by atoms with van der Waals surface area (Å²) in [6, 6.07) is 5.29. The number of carbonyl (C=O) groups excluding carboxylic acids is 2. The van der Waals surface area contributed by atoms with E-state index < -0.39 is 0 Å². The molecule has 14 heavy (non-hydrogen) atoms. The SMILES string of the molecule is CC(=O)Nc1cccc(C)[n+]1C(C)=O. The molecule has 0 atom stereocenters. The monoisotopic (exact) mass is 193 g/mol. The summed E-state index contributed by atoms with van der Waals surface area (Å²) in [4.78, 5) is 22.1. The number of nitrogens with zero attached hydrogens (tertiary/aromatic N) is 1. The van der Waals surface area contributed by atoms with Crippen LogP contribution < -0.4 is 9.88 Å². The molecule has 1 rings (SSSR count). The highest BCUT2D eigenvalue weighted by molar-refractivity contribution is 5.87. The van der Waals surface area contributed by atoms with Gasteiger partial charge in [0.1, 0.15) is 5.69 Å². The molecule has 0 fully saturated rings. The molecule has 0 saturated carbocycles. The molecular formula is C10H13N2O2+. The second kappa shape index (κ2) is 4.00. The second-order valence-corrected chi connectivity index (χ2v) is 3.09. The summed E-state index contributed by atoms with van der Waals surface area (Å²) in [6.45, 7) is 4.68. The first-order chi connectivity index (χ1) is 6.52. The lowest BCUT2D eigenvalue weighted by atomic mass is 10.3. The van der Waals surface area contributed by atoms with Gasteiger partial charge in [-0.05, 0) is 13.0 Å². The molecule has 74 valence electrons. The molecule has 1 aromatic heterocycles. The molecule has 0 saturated heterocycles. The highest BCUT2D eigenvalue weighted by Crippen LogP contribution is 2.01. The van der Waals surface area contributed by atoms with Gasteiger partial charge in [-0.3, -0.25) is 0 Å². The molecule has 4 heteroatoms. The number of aryl methyl sites for hydroxylation is 1. The van der Waals surface area contributed by atoms with Crippen LogP contribution in [0.3, 0.4) is 0 Å². The Labute approximate surface area is 82.6 Å². The lowest BCUT2D eigenvalue weighted by Gasteiger charge is -2.03. The topological polar surface area (TPSA) is 50.1 Å². The maximum absolute atomic E-state index is 11.3. The van der Waals surface area contributed by atoms with Gasteiger partial charge in [-0.2, -0.15) is 4.57 Å². The molecule has 0 aromatic carbocycles. The van der Waals surface area contributed by atoms with E-state index in [1.54, 1.807) is 12.1 Å². The van der Waals surface area contributed by atoms with E-state index in [4.69, 9.17) is 0 Å². The van der Waals surface area contributed by atoms with E-state index >= 15 is 0 Å². The van der Waals surface area contributed by atoms with Gasteiger partial charge in [0.2, 0.25) is 0 Å². The molecule has 1 aromatic rings. The zero-order valence-corrected chi connectivity index (χ0v) is 8.50. The van der Waals surface area contributed by atoms with Crippen molar-refractivity contribution in [2.24, 2.45) is 0 Å². The second-order valence-electron chi connectivity index (χ2n) is 3.09. The summed E-state index contributed by atoms with van der Waals surface area (Å²) >= 11 is 0. The molecular weight excluding hydrogens is 180 g/mol. The lowest BCUT2D eigenvalue weighted by molar-refractivity contribution is -0.564. The largest absolute Gasteiger partial charge is 0.311 e. The van der Waals surface area contributed by atoms with Crippen molar-refractivity contribution < 1.29 is 14.2 Å². The van der Waals surface area contributed by atoms with Crippen LogP contribution in [0.1, 0.15) is 24.3 Å². The van der Waals surface area contributed by atoms with Crippen LogP contribution in [0, 0.1) is 6.92 Å². The quantitative estimate of drug-likeness (QED) is 0.674. The van der Waals surface area contributed by atoms with E-state index in [0.29, 0.717) is 5.82 Å². The van der Waals surface area contributed by atoms with Crippen molar-refractivity contribution in [2.75, 3.05) is 5.32 Å². The minimum absolute atomic E-state index is 0.119. The number of pyridine rings is 1. The Morgan fingerprint density at radius 3 is 2.43 bits per heavy atom. The Morgan fingerprint density at radius 1 is 1.29 bits per heavy atom. The predicted molar refractivity (Wildman–Crippen MR) is 52.0 cm³/mol. The number of carbonyl (C=O) groups is 2. The average molecular weight is 193 g/mol. The summed E-state index contributed by atoms with van der Waals surface area (Å²) in [5, 5.41) is 2.60. The normalized spacial score (nSPS) is 9.64. The maximum atomic E-state index is 11.3. The van der Waals surface area contributed by atoms with Gasteiger partial charge in [-0.15, -0.1) is 0 Å². The number of rotatable bonds is 1. The number of anilines is 1. The zero-order valence-electron chi connectivity index (χ0n) is 8.50. The molecule has 0 aliphatic heterocycles. The van der Waals surface area contributed by atoms with E-state index in [0.717, 1.165) is 5.69 Å². The van der Waals surface area contributed by atoms with E-state index in [-0.39, 0.29) is 11.8 Å². The van der Waals surface area contributed by atoms with Crippen LogP contribution in [0.25, 0.3) is 0 Å². The van der Waals surface area contributed by atoms with Crippen molar-refractivity contribution in [3.05, 3.63) is 23.9 Å². The third kappa shape index (κ3) is 2.16. The zero-order chi connectivity index (χ0) is 10.7. The summed E-state index contributed by atoms with van der Waals surface area (Å²) in [5.41, 5.74) is 0.795. The van der Waals surface area contributed by atoms with Crippen molar-refractivity contribution in [3.63, 3.8) is 0 Å². The standard InChI is InChI=1S/C10H12N2O2/c1-7-5-4-6-10(11-8(2)13)12(7)9(3)14/h4-6H,1-3H3/p+1. The van der Waals surface area contributed by atoms with Gasteiger partial charge >= 0.3 is 11.8 Å². The molecule has 4 nitrogen and oxygen atoms in total. The maximum Gasteiger partial charge on any atom is 0.311 e. The molecule has 0 unspecified atom stereocenters. The fourth-order valence-electron chi connectivity index (χ4n) is 1.31. The predicted octanol–water partition coefficient (Wildman–Crippen LogP) is 0.901. The van der Waals surface area contributed by atoms with Gasteiger partial charge in [-0.25, -0.2) is 14.9 Å². The van der Waals surface area contributed by atoms with E-state index in [1.165, 1.54) is 18.4 Å². The number of hydrogen-bond donors (Lipinski definition) is 1. The van der Waals surface area contributed by atoms with Crippen molar-refractivity contribution in [3.8, 4) is 0 Å².